The van der Waals surface area contributed by atoms with E-state index in [1.807, 2.05) is 13.1 Å². The van der Waals surface area contributed by atoms with Crippen LogP contribution in [0.4, 0.5) is 0 Å². The van der Waals surface area contributed by atoms with E-state index in [9.17, 15) is 0 Å². The summed E-state index contributed by atoms with van der Waals surface area (Å²) in [6.07, 6.45) is 4.05. The van der Waals surface area contributed by atoms with Crippen molar-refractivity contribution in [3.8, 4) is 0 Å². The number of aliphatic hydroxyl groups excluding tert-OH is 1. The van der Waals surface area contributed by atoms with Gasteiger partial charge in [0.1, 0.15) is 0 Å². The Balaban J connectivity index is 2.58. The van der Waals surface area contributed by atoms with Crippen molar-refractivity contribution in [2.75, 3.05) is 6.61 Å². The summed E-state index contributed by atoms with van der Waals surface area (Å²) in [6.45, 7) is 1.95. The number of aliphatic hydroxyl groups is 1. The third-order valence-electron chi connectivity index (χ3n) is 2.39. The highest BCUT2D eigenvalue weighted by Gasteiger charge is 2.17. The smallest absolute Gasteiger partial charge is 0.235 e. The molecule has 0 bridgehead atoms. The van der Waals surface area contributed by atoms with Gasteiger partial charge in [0.2, 0.25) is 5.78 Å². The Hall–Kier alpha value is -1.17. The molecule has 6 heteroatoms. The summed E-state index contributed by atoms with van der Waals surface area (Å²) < 4.78 is 1.78. The normalized spacial score (nSPS) is 13.2. The van der Waals surface area contributed by atoms with Crippen molar-refractivity contribution in [2.45, 2.75) is 19.4 Å². The predicted molar refractivity (Wildman–Crippen MR) is 61.4 cm³/mol. The number of rotatable bonds is 3. The van der Waals surface area contributed by atoms with Crippen molar-refractivity contribution in [3.05, 3.63) is 28.8 Å². The van der Waals surface area contributed by atoms with E-state index in [1.54, 1.807) is 10.6 Å². The molecule has 1 unspecified atom stereocenters. The summed E-state index contributed by atoms with van der Waals surface area (Å²) >= 11 is 6.02. The lowest BCUT2D eigenvalue weighted by atomic mass is 10.2. The summed E-state index contributed by atoms with van der Waals surface area (Å²) in [5.74, 6) is 0.527. The van der Waals surface area contributed by atoms with Gasteiger partial charge in [0, 0.05) is 19.0 Å². The summed E-state index contributed by atoms with van der Waals surface area (Å²) in [6, 6.07) is -0.337. The van der Waals surface area contributed by atoms with E-state index in [4.69, 9.17) is 22.4 Å². The van der Waals surface area contributed by atoms with E-state index in [0.29, 0.717) is 23.0 Å². The molecule has 0 aromatic carbocycles. The first-order valence-corrected chi connectivity index (χ1v) is 5.38. The van der Waals surface area contributed by atoms with Crippen LogP contribution in [-0.4, -0.2) is 26.1 Å². The molecule has 0 fully saturated rings. The molecule has 2 aromatic heterocycles. The molecule has 5 nitrogen and oxygen atoms in total. The van der Waals surface area contributed by atoms with Gasteiger partial charge in [0.05, 0.1) is 11.7 Å². The third-order valence-corrected chi connectivity index (χ3v) is 2.67. The molecule has 0 aliphatic rings. The SMILES string of the molecule is Cc1cnc2nc(Cl)c(C(N)CCO)n2c1. The highest BCUT2D eigenvalue weighted by Crippen LogP contribution is 2.24. The Morgan fingerprint density at radius 3 is 3.06 bits per heavy atom. The molecule has 0 radical (unpaired) electrons. The lowest BCUT2D eigenvalue weighted by molar-refractivity contribution is 0.275. The molecule has 0 aliphatic carbocycles. The molecule has 0 amide bonds. The van der Waals surface area contributed by atoms with E-state index in [2.05, 4.69) is 9.97 Å². The molecule has 0 aliphatic heterocycles. The molecular weight excluding hydrogens is 228 g/mol. The minimum Gasteiger partial charge on any atom is -0.396 e. The van der Waals surface area contributed by atoms with Crippen molar-refractivity contribution < 1.29 is 5.11 Å². The number of halogens is 1. The molecule has 16 heavy (non-hydrogen) atoms. The molecule has 2 aromatic rings. The first-order valence-electron chi connectivity index (χ1n) is 5.00. The van der Waals surface area contributed by atoms with Gasteiger partial charge in [0.15, 0.2) is 5.15 Å². The van der Waals surface area contributed by atoms with Gasteiger partial charge in [-0.1, -0.05) is 11.6 Å². The second-order valence-corrected chi connectivity index (χ2v) is 4.07. The van der Waals surface area contributed by atoms with Gasteiger partial charge >= 0.3 is 0 Å². The van der Waals surface area contributed by atoms with Crippen molar-refractivity contribution >= 4 is 17.4 Å². The van der Waals surface area contributed by atoms with Crippen molar-refractivity contribution in [3.63, 3.8) is 0 Å². The summed E-state index contributed by atoms with van der Waals surface area (Å²) in [5, 5.41) is 9.23. The zero-order valence-electron chi connectivity index (χ0n) is 8.89. The number of nitrogens with two attached hydrogens (primary N) is 1. The zero-order chi connectivity index (χ0) is 11.7. The van der Waals surface area contributed by atoms with E-state index in [-0.39, 0.29) is 12.6 Å². The quantitative estimate of drug-likeness (QED) is 0.842. The average Bonchev–Trinajstić information content (AvgIpc) is 2.53. The van der Waals surface area contributed by atoms with Crippen LogP contribution >= 0.6 is 11.6 Å². The molecule has 2 heterocycles. The number of aryl methyl sites for hydroxylation is 1. The first kappa shape index (κ1) is 11.3. The van der Waals surface area contributed by atoms with E-state index in [1.165, 1.54) is 0 Å². The van der Waals surface area contributed by atoms with Crippen LogP contribution in [0.25, 0.3) is 5.78 Å². The highest BCUT2D eigenvalue weighted by molar-refractivity contribution is 6.30. The van der Waals surface area contributed by atoms with Gasteiger partial charge in [-0.05, 0) is 18.9 Å². The molecule has 0 saturated carbocycles. The van der Waals surface area contributed by atoms with Gasteiger partial charge in [-0.25, -0.2) is 4.98 Å². The highest BCUT2D eigenvalue weighted by atomic mass is 35.5. The number of fused-ring (bicyclic) bond motifs is 1. The van der Waals surface area contributed by atoms with Crippen LogP contribution in [0.5, 0.6) is 0 Å². The van der Waals surface area contributed by atoms with Gasteiger partial charge in [-0.2, -0.15) is 4.98 Å². The third kappa shape index (κ3) is 1.89. The van der Waals surface area contributed by atoms with Crippen LogP contribution in [0.1, 0.15) is 23.7 Å². The van der Waals surface area contributed by atoms with Crippen molar-refractivity contribution in [2.24, 2.45) is 5.73 Å². The largest absolute Gasteiger partial charge is 0.396 e. The van der Waals surface area contributed by atoms with Crippen LogP contribution in [0.2, 0.25) is 5.15 Å². The standard InChI is InChI=1S/C10H13ClN4O/c1-6-4-13-10-14-9(11)8(15(10)5-6)7(12)2-3-16/h4-5,7,16H,2-3,12H2,1H3. The number of nitrogens with zero attached hydrogens (tertiary/aromatic N) is 3. The summed E-state index contributed by atoms with van der Waals surface area (Å²) in [5.41, 5.74) is 7.63. The van der Waals surface area contributed by atoms with Crippen LogP contribution in [0.15, 0.2) is 12.4 Å². The lowest BCUT2D eigenvalue weighted by Crippen LogP contribution is -2.14. The maximum absolute atomic E-state index is 8.88. The number of imidazole rings is 1. The first-order chi connectivity index (χ1) is 7.63. The minimum atomic E-state index is -0.337. The Labute approximate surface area is 97.9 Å². The molecule has 0 spiro atoms. The van der Waals surface area contributed by atoms with Gasteiger partial charge in [0.25, 0.3) is 0 Å². The Morgan fingerprint density at radius 1 is 1.62 bits per heavy atom. The molecule has 3 N–H and O–H groups in total. The maximum Gasteiger partial charge on any atom is 0.235 e. The van der Waals surface area contributed by atoms with Crippen LogP contribution < -0.4 is 5.73 Å². The summed E-state index contributed by atoms with van der Waals surface area (Å²) in [4.78, 5) is 8.27. The van der Waals surface area contributed by atoms with Gasteiger partial charge < -0.3 is 10.8 Å². The van der Waals surface area contributed by atoms with E-state index in [0.717, 1.165) is 5.56 Å². The molecular formula is C10H13ClN4O. The van der Waals surface area contributed by atoms with Crippen LogP contribution in [0, 0.1) is 6.92 Å². The Morgan fingerprint density at radius 2 is 2.38 bits per heavy atom. The average molecular weight is 241 g/mol. The minimum absolute atomic E-state index is 0.0178. The second kappa shape index (κ2) is 4.37. The van der Waals surface area contributed by atoms with E-state index >= 15 is 0 Å². The van der Waals surface area contributed by atoms with Crippen molar-refractivity contribution in [1.29, 1.82) is 0 Å². The Kier molecular flexibility index (Phi) is 3.09. The maximum atomic E-state index is 8.88. The lowest BCUT2D eigenvalue weighted by Gasteiger charge is -2.10. The fourth-order valence-electron chi connectivity index (χ4n) is 1.63. The monoisotopic (exact) mass is 240 g/mol. The molecule has 0 saturated heterocycles. The van der Waals surface area contributed by atoms with Crippen LogP contribution in [-0.2, 0) is 0 Å². The second-order valence-electron chi connectivity index (χ2n) is 3.71. The fraction of sp³-hybridized carbons (Fsp3) is 0.400. The topological polar surface area (TPSA) is 76.4 Å². The van der Waals surface area contributed by atoms with Gasteiger partial charge in [-0.15, -0.1) is 0 Å². The number of hydrogen-bond acceptors (Lipinski definition) is 4. The van der Waals surface area contributed by atoms with Crippen LogP contribution in [0.3, 0.4) is 0 Å². The summed E-state index contributed by atoms with van der Waals surface area (Å²) in [7, 11) is 0. The molecule has 2 rings (SSSR count). The number of aromatic nitrogens is 3. The zero-order valence-corrected chi connectivity index (χ0v) is 9.65. The van der Waals surface area contributed by atoms with Crippen molar-refractivity contribution in [1.82, 2.24) is 14.4 Å². The molecule has 86 valence electrons. The Bertz CT molecular complexity index is 511. The number of hydrogen-bond donors (Lipinski definition) is 2. The fourth-order valence-corrected chi connectivity index (χ4v) is 1.94. The van der Waals surface area contributed by atoms with Gasteiger partial charge in [-0.3, -0.25) is 4.40 Å². The predicted octanol–water partition coefficient (Wildman–Crippen LogP) is 1.07. The molecule has 1 atom stereocenters. The van der Waals surface area contributed by atoms with E-state index < -0.39 is 0 Å².